The van der Waals surface area contributed by atoms with Crippen LogP contribution in [0.15, 0.2) is 30.3 Å². The van der Waals surface area contributed by atoms with Crippen LogP contribution in [-0.4, -0.2) is 28.6 Å². The summed E-state index contributed by atoms with van der Waals surface area (Å²) in [6.45, 7) is 2.20. The zero-order valence-corrected chi connectivity index (χ0v) is 10.9. The van der Waals surface area contributed by atoms with Gasteiger partial charge in [0.25, 0.3) is 0 Å². The van der Waals surface area contributed by atoms with Gasteiger partial charge in [-0.3, -0.25) is 4.90 Å². The van der Waals surface area contributed by atoms with Crippen LogP contribution in [0.4, 0.5) is 0 Å². The molecular formula is C12H17IN2. The first-order chi connectivity index (χ1) is 7.29. The number of halogens is 1. The van der Waals surface area contributed by atoms with E-state index >= 15 is 0 Å². The number of likely N-dealkylation sites (tertiary alicyclic amines) is 1. The maximum atomic E-state index is 6.08. The molecule has 1 saturated heterocycles. The van der Waals surface area contributed by atoms with E-state index in [-0.39, 0.29) is 0 Å². The molecule has 0 aromatic heterocycles. The number of hydrogen-bond acceptors (Lipinski definition) is 2. The number of hydrogen-bond donors (Lipinski definition) is 1. The van der Waals surface area contributed by atoms with Crippen molar-refractivity contribution in [3.8, 4) is 0 Å². The molecule has 1 fully saturated rings. The summed E-state index contributed by atoms with van der Waals surface area (Å²) in [4.78, 5) is 2.44. The molecule has 2 unspecified atom stereocenters. The summed E-state index contributed by atoms with van der Waals surface area (Å²) in [5.41, 5.74) is 7.52. The fourth-order valence-electron chi connectivity index (χ4n) is 2.30. The molecule has 2 nitrogen and oxygen atoms in total. The molecule has 0 bridgehead atoms. The Morgan fingerprint density at radius 1 is 1.27 bits per heavy atom. The SMILES string of the molecule is NC1CC(c2ccccc2)CN(CI)C1. The molecule has 0 aliphatic carbocycles. The second-order valence-electron chi connectivity index (χ2n) is 4.26. The summed E-state index contributed by atoms with van der Waals surface area (Å²) in [6.07, 6.45) is 1.12. The van der Waals surface area contributed by atoms with Crippen LogP contribution >= 0.6 is 22.6 Å². The van der Waals surface area contributed by atoms with Gasteiger partial charge in [-0.25, -0.2) is 0 Å². The van der Waals surface area contributed by atoms with Crippen molar-refractivity contribution in [2.75, 3.05) is 17.6 Å². The van der Waals surface area contributed by atoms with Crippen molar-refractivity contribution in [2.24, 2.45) is 5.73 Å². The average Bonchev–Trinajstić information content (AvgIpc) is 2.29. The third kappa shape index (κ3) is 2.92. The number of nitrogens with zero attached hydrogens (tertiary/aromatic N) is 1. The van der Waals surface area contributed by atoms with Gasteiger partial charge in [0.05, 0.1) is 4.55 Å². The molecule has 2 N–H and O–H groups in total. The summed E-state index contributed by atoms with van der Waals surface area (Å²) < 4.78 is 1.08. The number of piperidine rings is 1. The van der Waals surface area contributed by atoms with E-state index in [1.807, 2.05) is 0 Å². The number of benzene rings is 1. The minimum Gasteiger partial charge on any atom is -0.327 e. The normalized spacial score (nSPS) is 27.9. The predicted molar refractivity (Wildman–Crippen MR) is 72.2 cm³/mol. The Morgan fingerprint density at radius 2 is 2.00 bits per heavy atom. The Hall–Kier alpha value is -0.130. The van der Waals surface area contributed by atoms with Gasteiger partial charge in [0.1, 0.15) is 0 Å². The first kappa shape index (κ1) is 11.4. The molecule has 2 atom stereocenters. The Bertz CT molecular complexity index is 302. The first-order valence-electron chi connectivity index (χ1n) is 5.38. The topological polar surface area (TPSA) is 29.3 Å². The smallest absolute Gasteiger partial charge is 0.0506 e. The molecule has 1 aromatic rings. The van der Waals surface area contributed by atoms with E-state index in [2.05, 4.69) is 57.8 Å². The third-order valence-electron chi connectivity index (χ3n) is 3.00. The zero-order valence-electron chi connectivity index (χ0n) is 8.77. The molecular weight excluding hydrogens is 299 g/mol. The molecule has 0 saturated carbocycles. The van der Waals surface area contributed by atoms with Crippen LogP contribution in [0.25, 0.3) is 0 Å². The van der Waals surface area contributed by atoms with E-state index in [0.29, 0.717) is 12.0 Å². The Morgan fingerprint density at radius 3 is 2.67 bits per heavy atom. The maximum Gasteiger partial charge on any atom is 0.0506 e. The molecule has 1 aliphatic heterocycles. The number of rotatable bonds is 2. The van der Waals surface area contributed by atoms with Crippen LogP contribution in [0, 0.1) is 0 Å². The Balaban J connectivity index is 2.09. The van der Waals surface area contributed by atoms with Gasteiger partial charge in [0, 0.05) is 19.1 Å². The second-order valence-corrected chi connectivity index (χ2v) is 4.94. The lowest BCUT2D eigenvalue weighted by atomic mass is 9.89. The van der Waals surface area contributed by atoms with Crippen LogP contribution in [0.1, 0.15) is 17.9 Å². The van der Waals surface area contributed by atoms with E-state index in [1.165, 1.54) is 5.56 Å². The van der Waals surface area contributed by atoms with Gasteiger partial charge < -0.3 is 5.73 Å². The van der Waals surface area contributed by atoms with Crippen molar-refractivity contribution in [3.63, 3.8) is 0 Å². The van der Waals surface area contributed by atoms with Gasteiger partial charge >= 0.3 is 0 Å². The lowest BCUT2D eigenvalue weighted by molar-refractivity contribution is 0.223. The predicted octanol–water partition coefficient (Wildman–Crippen LogP) is 2.20. The van der Waals surface area contributed by atoms with E-state index in [0.717, 1.165) is 24.1 Å². The maximum absolute atomic E-state index is 6.08. The minimum atomic E-state index is 0.332. The van der Waals surface area contributed by atoms with Crippen molar-refractivity contribution < 1.29 is 0 Å². The van der Waals surface area contributed by atoms with Crippen LogP contribution in [0.2, 0.25) is 0 Å². The highest BCUT2D eigenvalue weighted by molar-refractivity contribution is 14.1. The highest BCUT2D eigenvalue weighted by atomic mass is 127. The van der Waals surface area contributed by atoms with Crippen molar-refractivity contribution in [2.45, 2.75) is 18.4 Å². The Kier molecular flexibility index (Phi) is 3.99. The average molecular weight is 316 g/mol. The third-order valence-corrected chi connectivity index (χ3v) is 3.96. The summed E-state index contributed by atoms with van der Waals surface area (Å²) in [7, 11) is 0. The van der Waals surface area contributed by atoms with Crippen molar-refractivity contribution in [1.29, 1.82) is 0 Å². The molecule has 15 heavy (non-hydrogen) atoms. The fraction of sp³-hybridized carbons (Fsp3) is 0.500. The van der Waals surface area contributed by atoms with Gasteiger partial charge in [-0.2, -0.15) is 0 Å². The van der Waals surface area contributed by atoms with Gasteiger partial charge in [0.2, 0.25) is 0 Å². The number of nitrogens with two attached hydrogens (primary N) is 1. The summed E-state index contributed by atoms with van der Waals surface area (Å²) in [5.74, 6) is 0.615. The van der Waals surface area contributed by atoms with Crippen LogP contribution in [-0.2, 0) is 0 Å². The molecule has 82 valence electrons. The molecule has 3 heteroatoms. The van der Waals surface area contributed by atoms with Crippen molar-refractivity contribution >= 4 is 22.6 Å². The molecule has 1 heterocycles. The summed E-state index contributed by atoms with van der Waals surface area (Å²) in [6, 6.07) is 11.1. The zero-order chi connectivity index (χ0) is 10.7. The highest BCUT2D eigenvalue weighted by Crippen LogP contribution is 2.26. The molecule has 0 amide bonds. The van der Waals surface area contributed by atoms with Gasteiger partial charge in [-0.05, 0) is 17.9 Å². The van der Waals surface area contributed by atoms with E-state index in [1.54, 1.807) is 0 Å². The van der Waals surface area contributed by atoms with Crippen molar-refractivity contribution in [3.05, 3.63) is 35.9 Å². The largest absolute Gasteiger partial charge is 0.327 e. The lowest BCUT2D eigenvalue weighted by Gasteiger charge is -2.35. The van der Waals surface area contributed by atoms with Gasteiger partial charge in [-0.1, -0.05) is 52.9 Å². The summed E-state index contributed by atoms with van der Waals surface area (Å²) >= 11 is 2.42. The van der Waals surface area contributed by atoms with Crippen molar-refractivity contribution in [1.82, 2.24) is 4.90 Å². The van der Waals surface area contributed by atoms with E-state index < -0.39 is 0 Å². The molecule has 1 aromatic carbocycles. The van der Waals surface area contributed by atoms with E-state index in [9.17, 15) is 0 Å². The van der Waals surface area contributed by atoms with Gasteiger partial charge in [-0.15, -0.1) is 0 Å². The fourth-order valence-corrected chi connectivity index (χ4v) is 2.85. The van der Waals surface area contributed by atoms with E-state index in [4.69, 9.17) is 5.73 Å². The van der Waals surface area contributed by atoms with Crippen LogP contribution in [0.3, 0.4) is 0 Å². The first-order valence-corrected chi connectivity index (χ1v) is 6.91. The molecule has 1 aliphatic rings. The lowest BCUT2D eigenvalue weighted by Crippen LogP contribution is -2.45. The van der Waals surface area contributed by atoms with Gasteiger partial charge in [0.15, 0.2) is 0 Å². The highest BCUT2D eigenvalue weighted by Gasteiger charge is 2.25. The molecule has 2 rings (SSSR count). The standard InChI is InChI=1S/C12H17IN2/c13-9-15-7-11(6-12(14)8-15)10-4-2-1-3-5-10/h1-5,11-12H,6-9,14H2. The van der Waals surface area contributed by atoms with Crippen LogP contribution in [0.5, 0.6) is 0 Å². The molecule has 0 radical (unpaired) electrons. The monoisotopic (exact) mass is 316 g/mol. The quantitative estimate of drug-likeness (QED) is 0.515. The summed E-state index contributed by atoms with van der Waals surface area (Å²) in [5, 5.41) is 0. The molecule has 0 spiro atoms. The minimum absolute atomic E-state index is 0.332. The number of alkyl halides is 1. The second kappa shape index (κ2) is 5.27. The van der Waals surface area contributed by atoms with Crippen LogP contribution < -0.4 is 5.73 Å². The Labute approximate surface area is 105 Å².